The lowest BCUT2D eigenvalue weighted by atomic mass is 10.0. The van der Waals surface area contributed by atoms with Crippen LogP contribution in [0.2, 0.25) is 0 Å². The minimum absolute atomic E-state index is 0.416. The summed E-state index contributed by atoms with van der Waals surface area (Å²) in [5.41, 5.74) is 1.45. The Balaban J connectivity index is 1.89. The Kier molecular flexibility index (Phi) is 8.20. The molecule has 0 heterocycles. The average molecular weight is 246 g/mol. The van der Waals surface area contributed by atoms with Gasteiger partial charge >= 0.3 is 0 Å². The Morgan fingerprint density at radius 2 is 1.50 bits per heavy atom. The van der Waals surface area contributed by atoms with E-state index in [0.29, 0.717) is 12.2 Å². The van der Waals surface area contributed by atoms with Crippen molar-refractivity contribution in [1.82, 2.24) is 0 Å². The second-order valence-corrected chi connectivity index (χ2v) is 5.00. The summed E-state index contributed by atoms with van der Waals surface area (Å²) in [6.45, 7) is 1.95. The van der Waals surface area contributed by atoms with Crippen molar-refractivity contribution < 1.29 is 4.79 Å². The van der Waals surface area contributed by atoms with Gasteiger partial charge in [0.2, 0.25) is 0 Å². The molecule has 0 unspecified atom stereocenters. The fraction of sp³-hybridized carbons (Fsp3) is 0.588. The zero-order valence-corrected chi connectivity index (χ0v) is 11.7. The molecule has 0 saturated carbocycles. The van der Waals surface area contributed by atoms with E-state index >= 15 is 0 Å². The van der Waals surface area contributed by atoms with Crippen molar-refractivity contribution >= 4 is 5.78 Å². The Morgan fingerprint density at radius 1 is 0.889 bits per heavy atom. The van der Waals surface area contributed by atoms with Crippen LogP contribution in [0.4, 0.5) is 0 Å². The van der Waals surface area contributed by atoms with Crippen LogP contribution in [0.25, 0.3) is 0 Å². The highest BCUT2D eigenvalue weighted by Gasteiger charge is 1.98. The molecule has 0 N–H and O–H groups in total. The first-order valence-corrected chi connectivity index (χ1v) is 7.38. The number of hydrogen-bond acceptors (Lipinski definition) is 1. The topological polar surface area (TPSA) is 17.1 Å². The van der Waals surface area contributed by atoms with Crippen LogP contribution in [0.15, 0.2) is 30.3 Å². The average Bonchev–Trinajstić information content (AvgIpc) is 2.42. The molecule has 0 aliphatic rings. The molecule has 0 aliphatic heterocycles. The maximum atomic E-state index is 11.1. The van der Waals surface area contributed by atoms with Gasteiger partial charge in [-0.25, -0.2) is 0 Å². The van der Waals surface area contributed by atoms with E-state index in [0.717, 1.165) is 12.8 Å². The molecule has 1 nitrogen and oxygen atoms in total. The van der Waals surface area contributed by atoms with Crippen LogP contribution in [0, 0.1) is 0 Å². The predicted octanol–water partition coefficient (Wildman–Crippen LogP) is 4.94. The lowest BCUT2D eigenvalue weighted by molar-refractivity contribution is -0.118. The summed E-state index contributed by atoms with van der Waals surface area (Å²) in [6.07, 6.45) is 10.2. The number of unbranched alkanes of at least 4 members (excludes halogenated alkanes) is 5. The van der Waals surface area contributed by atoms with Gasteiger partial charge < -0.3 is 0 Å². The largest absolute Gasteiger partial charge is 0.300 e. The zero-order chi connectivity index (χ0) is 13.1. The molecule has 0 bridgehead atoms. The first-order chi connectivity index (χ1) is 8.83. The molecule has 18 heavy (non-hydrogen) atoms. The van der Waals surface area contributed by atoms with E-state index in [4.69, 9.17) is 0 Å². The molecule has 0 spiro atoms. The normalized spacial score (nSPS) is 10.5. The van der Waals surface area contributed by atoms with Crippen molar-refractivity contribution in [2.45, 2.75) is 64.7 Å². The van der Waals surface area contributed by atoms with Gasteiger partial charge in [-0.05, 0) is 24.8 Å². The molecular weight excluding hydrogens is 220 g/mol. The Hall–Kier alpha value is -1.11. The fourth-order valence-corrected chi connectivity index (χ4v) is 2.18. The van der Waals surface area contributed by atoms with Crippen molar-refractivity contribution in [3.63, 3.8) is 0 Å². The molecule has 1 aromatic rings. The molecule has 1 heteroatoms. The van der Waals surface area contributed by atoms with Gasteiger partial charge in [0.25, 0.3) is 0 Å². The van der Waals surface area contributed by atoms with Gasteiger partial charge in [-0.1, -0.05) is 62.9 Å². The van der Waals surface area contributed by atoms with Crippen molar-refractivity contribution in [1.29, 1.82) is 0 Å². The molecule has 1 rings (SSSR count). The van der Waals surface area contributed by atoms with Crippen LogP contribution in [0.1, 0.15) is 63.9 Å². The maximum Gasteiger partial charge on any atom is 0.132 e. The minimum atomic E-state index is 0.416. The van der Waals surface area contributed by atoms with Crippen molar-refractivity contribution in [3.8, 4) is 0 Å². The Morgan fingerprint density at radius 3 is 2.17 bits per heavy atom. The second-order valence-electron chi connectivity index (χ2n) is 5.00. The Labute approximate surface area is 112 Å². The van der Waals surface area contributed by atoms with Crippen LogP contribution < -0.4 is 0 Å². The van der Waals surface area contributed by atoms with Crippen molar-refractivity contribution in [3.05, 3.63) is 35.9 Å². The lowest BCUT2D eigenvalue weighted by Crippen LogP contribution is -1.94. The van der Waals surface area contributed by atoms with Gasteiger partial charge in [-0.15, -0.1) is 0 Å². The van der Waals surface area contributed by atoms with Gasteiger partial charge in [-0.2, -0.15) is 0 Å². The second kappa shape index (κ2) is 9.87. The van der Waals surface area contributed by atoms with Crippen molar-refractivity contribution in [2.75, 3.05) is 0 Å². The van der Waals surface area contributed by atoms with Crippen LogP contribution in [-0.2, 0) is 11.2 Å². The van der Waals surface area contributed by atoms with Crippen LogP contribution in [0.5, 0.6) is 0 Å². The Bertz CT molecular complexity index is 316. The zero-order valence-electron chi connectivity index (χ0n) is 11.7. The van der Waals surface area contributed by atoms with Gasteiger partial charge in [0, 0.05) is 12.8 Å². The van der Waals surface area contributed by atoms with E-state index in [2.05, 4.69) is 30.3 Å². The summed E-state index contributed by atoms with van der Waals surface area (Å²) in [6, 6.07) is 10.7. The molecule has 0 aliphatic carbocycles. The highest BCUT2D eigenvalue weighted by atomic mass is 16.1. The van der Waals surface area contributed by atoms with Crippen molar-refractivity contribution in [2.24, 2.45) is 0 Å². The molecule has 0 atom stereocenters. The number of Topliss-reactive ketones (excluding diaryl/α,β-unsaturated/α-hetero) is 1. The van der Waals surface area contributed by atoms with E-state index in [1.54, 1.807) is 0 Å². The molecular formula is C17H26O. The first-order valence-electron chi connectivity index (χ1n) is 7.38. The molecule has 0 aromatic heterocycles. The molecule has 0 saturated heterocycles. The van der Waals surface area contributed by atoms with Gasteiger partial charge in [0.05, 0.1) is 0 Å². The maximum absolute atomic E-state index is 11.1. The van der Waals surface area contributed by atoms with E-state index in [1.807, 2.05) is 6.92 Å². The van der Waals surface area contributed by atoms with E-state index in [-0.39, 0.29) is 0 Å². The number of aryl methyl sites for hydroxylation is 1. The fourth-order valence-electron chi connectivity index (χ4n) is 2.18. The monoisotopic (exact) mass is 246 g/mol. The third-order valence-corrected chi connectivity index (χ3v) is 3.41. The number of carbonyl (C=O) groups is 1. The summed E-state index contributed by atoms with van der Waals surface area (Å²) >= 11 is 0. The highest BCUT2D eigenvalue weighted by Crippen LogP contribution is 2.10. The predicted molar refractivity (Wildman–Crippen MR) is 77.8 cm³/mol. The summed E-state index contributed by atoms with van der Waals surface area (Å²) in [7, 11) is 0. The van der Waals surface area contributed by atoms with Gasteiger partial charge in [-0.3, -0.25) is 4.79 Å². The SMILES string of the molecule is CCC(=O)CCCCCCCCc1ccccc1. The quantitative estimate of drug-likeness (QED) is 0.534. The number of hydrogen-bond donors (Lipinski definition) is 0. The summed E-state index contributed by atoms with van der Waals surface area (Å²) < 4.78 is 0. The number of ketones is 1. The van der Waals surface area contributed by atoms with Crippen LogP contribution >= 0.6 is 0 Å². The minimum Gasteiger partial charge on any atom is -0.300 e. The van der Waals surface area contributed by atoms with Crippen LogP contribution in [-0.4, -0.2) is 5.78 Å². The third-order valence-electron chi connectivity index (χ3n) is 3.41. The molecule has 100 valence electrons. The molecule has 0 radical (unpaired) electrons. The van der Waals surface area contributed by atoms with E-state index in [1.165, 1.54) is 44.1 Å². The molecule has 0 fully saturated rings. The van der Waals surface area contributed by atoms with Gasteiger partial charge in [0.15, 0.2) is 0 Å². The molecule has 1 aromatic carbocycles. The number of rotatable bonds is 10. The number of benzene rings is 1. The van der Waals surface area contributed by atoms with Crippen LogP contribution in [0.3, 0.4) is 0 Å². The smallest absolute Gasteiger partial charge is 0.132 e. The third kappa shape index (κ3) is 7.26. The summed E-state index contributed by atoms with van der Waals surface area (Å²) in [4.78, 5) is 11.1. The standard InChI is InChI=1S/C17H26O/c1-2-17(18)15-11-6-4-3-5-8-12-16-13-9-7-10-14-16/h7,9-10,13-14H,2-6,8,11-12,15H2,1H3. The van der Waals surface area contributed by atoms with E-state index in [9.17, 15) is 4.79 Å². The highest BCUT2D eigenvalue weighted by molar-refractivity contribution is 5.77. The van der Waals surface area contributed by atoms with Gasteiger partial charge in [0.1, 0.15) is 5.78 Å². The first kappa shape index (κ1) is 14.9. The summed E-state index contributed by atoms with van der Waals surface area (Å²) in [5.74, 6) is 0.416. The van der Waals surface area contributed by atoms with E-state index < -0.39 is 0 Å². The lowest BCUT2D eigenvalue weighted by Gasteiger charge is -2.02. The molecule has 0 amide bonds. The number of carbonyl (C=O) groups excluding carboxylic acids is 1. The summed E-state index contributed by atoms with van der Waals surface area (Å²) in [5, 5.41) is 0.